The molecule has 1 unspecified atom stereocenters. The van der Waals surface area contributed by atoms with E-state index in [1.165, 1.54) is 0 Å². The molecule has 0 radical (unpaired) electrons. The van der Waals surface area contributed by atoms with Gasteiger partial charge in [0.15, 0.2) is 11.5 Å². The molecular weight excluding hydrogens is 390 g/mol. The average molecular weight is 409 g/mol. The molecule has 0 spiro atoms. The molecule has 2 aliphatic rings. The molecule has 0 fully saturated rings. The molecule has 1 N–H and O–H groups in total. The number of anilines is 1. The molecule has 0 bridgehead atoms. The highest BCUT2D eigenvalue weighted by atomic mass is 32.2. The molecule has 1 aromatic heterocycles. The number of amides is 1. The fourth-order valence-electron chi connectivity index (χ4n) is 3.61. The lowest BCUT2D eigenvalue weighted by Gasteiger charge is -2.14. The van der Waals surface area contributed by atoms with E-state index in [1.54, 1.807) is 22.9 Å². The molecule has 3 heterocycles. The van der Waals surface area contributed by atoms with Crippen LogP contribution in [-0.2, 0) is 22.3 Å². The minimum atomic E-state index is -0.996. The number of nitrogens with one attached hydrogen (secondary N) is 1. The molecule has 29 heavy (non-hydrogen) atoms. The summed E-state index contributed by atoms with van der Waals surface area (Å²) in [6.07, 6.45) is 0. The van der Waals surface area contributed by atoms with E-state index in [0.29, 0.717) is 34.4 Å². The minimum absolute atomic E-state index is 0.152. The Morgan fingerprint density at radius 3 is 2.83 bits per heavy atom. The van der Waals surface area contributed by atoms with Gasteiger partial charge in [-0.15, -0.1) is 0 Å². The molecule has 0 saturated carbocycles. The predicted octanol–water partition coefficient (Wildman–Crippen LogP) is 3.23. The van der Waals surface area contributed by atoms with Gasteiger partial charge in [-0.3, -0.25) is 9.00 Å². The molecule has 2 aliphatic heterocycles. The van der Waals surface area contributed by atoms with Crippen molar-refractivity contribution < 1.29 is 18.5 Å². The number of aryl methyl sites for hydroxylation is 1. The minimum Gasteiger partial charge on any atom is -0.454 e. The van der Waals surface area contributed by atoms with Gasteiger partial charge in [-0.25, -0.2) is 4.68 Å². The molecule has 0 saturated heterocycles. The SMILES string of the molecule is Cc1cccc(-n2nc3c(c2NC(=O)c2ccc4c(c2)OCO4)CS(=O)C3)c1C. The number of rotatable bonds is 3. The average Bonchev–Trinajstić information content (AvgIpc) is 3.39. The molecular formula is C21H19N3O4S. The van der Waals surface area contributed by atoms with Crippen molar-refractivity contribution >= 4 is 22.5 Å². The summed E-state index contributed by atoms with van der Waals surface area (Å²) in [6, 6.07) is 11.0. The highest BCUT2D eigenvalue weighted by molar-refractivity contribution is 7.83. The molecule has 1 amide bonds. The van der Waals surface area contributed by atoms with Crippen LogP contribution in [0.25, 0.3) is 5.69 Å². The van der Waals surface area contributed by atoms with Crippen LogP contribution >= 0.6 is 0 Å². The molecule has 3 aromatic rings. The number of hydrogen-bond donors (Lipinski definition) is 1. The van der Waals surface area contributed by atoms with Crippen molar-refractivity contribution in [2.75, 3.05) is 12.1 Å². The summed E-state index contributed by atoms with van der Waals surface area (Å²) in [5.41, 5.74) is 5.16. The zero-order valence-electron chi connectivity index (χ0n) is 16.0. The Kier molecular flexibility index (Phi) is 4.16. The lowest BCUT2D eigenvalue weighted by molar-refractivity contribution is 0.102. The fourth-order valence-corrected chi connectivity index (χ4v) is 4.88. The first-order valence-electron chi connectivity index (χ1n) is 9.24. The third-order valence-corrected chi connectivity index (χ3v) is 6.55. The molecule has 7 nitrogen and oxygen atoms in total. The number of aromatic nitrogens is 2. The van der Waals surface area contributed by atoms with Gasteiger partial charge in [0.25, 0.3) is 5.91 Å². The summed E-state index contributed by atoms with van der Waals surface area (Å²) in [6.45, 7) is 4.22. The zero-order valence-corrected chi connectivity index (χ0v) is 16.8. The van der Waals surface area contributed by atoms with Crippen molar-refractivity contribution in [3.63, 3.8) is 0 Å². The highest BCUT2D eigenvalue weighted by Crippen LogP contribution is 2.35. The van der Waals surface area contributed by atoms with Crippen LogP contribution in [0, 0.1) is 13.8 Å². The normalized spacial score (nSPS) is 16.7. The van der Waals surface area contributed by atoms with Gasteiger partial charge in [0.05, 0.1) is 22.9 Å². The Balaban J connectivity index is 1.56. The first-order chi connectivity index (χ1) is 14.0. The highest BCUT2D eigenvalue weighted by Gasteiger charge is 2.29. The van der Waals surface area contributed by atoms with Crippen LogP contribution in [0.2, 0.25) is 0 Å². The summed E-state index contributed by atoms with van der Waals surface area (Å²) >= 11 is 0. The van der Waals surface area contributed by atoms with Gasteiger partial charge >= 0.3 is 0 Å². The monoisotopic (exact) mass is 409 g/mol. The van der Waals surface area contributed by atoms with E-state index in [-0.39, 0.29) is 12.7 Å². The molecule has 1 atom stereocenters. The lowest BCUT2D eigenvalue weighted by Crippen LogP contribution is -2.17. The van der Waals surface area contributed by atoms with Crippen molar-refractivity contribution in [2.45, 2.75) is 25.4 Å². The first kappa shape index (κ1) is 17.9. The topological polar surface area (TPSA) is 82.5 Å². The van der Waals surface area contributed by atoms with Crippen LogP contribution in [0.5, 0.6) is 11.5 Å². The fraction of sp³-hybridized carbons (Fsp3) is 0.238. The summed E-state index contributed by atoms with van der Waals surface area (Å²) in [7, 11) is -0.996. The number of carbonyl (C=O) groups is 1. The molecule has 0 aliphatic carbocycles. The summed E-state index contributed by atoms with van der Waals surface area (Å²) in [4.78, 5) is 13.0. The Hall–Kier alpha value is -3.13. The smallest absolute Gasteiger partial charge is 0.256 e. The maximum atomic E-state index is 13.0. The maximum absolute atomic E-state index is 13.0. The van der Waals surface area contributed by atoms with Gasteiger partial charge in [-0.1, -0.05) is 12.1 Å². The lowest BCUT2D eigenvalue weighted by atomic mass is 10.1. The Morgan fingerprint density at radius 2 is 1.97 bits per heavy atom. The Labute approximate surface area is 170 Å². The van der Waals surface area contributed by atoms with E-state index >= 15 is 0 Å². The quantitative estimate of drug-likeness (QED) is 0.718. The van der Waals surface area contributed by atoms with Crippen LogP contribution < -0.4 is 14.8 Å². The van der Waals surface area contributed by atoms with Crippen molar-refractivity contribution in [1.29, 1.82) is 0 Å². The van der Waals surface area contributed by atoms with Gasteiger partial charge in [-0.05, 0) is 49.2 Å². The van der Waals surface area contributed by atoms with Crippen molar-refractivity contribution in [3.8, 4) is 17.2 Å². The van der Waals surface area contributed by atoms with E-state index in [1.807, 2.05) is 32.0 Å². The number of ether oxygens (including phenoxy) is 2. The molecule has 5 rings (SSSR count). The molecule has 148 valence electrons. The predicted molar refractivity (Wildman–Crippen MR) is 109 cm³/mol. The second kappa shape index (κ2) is 6.73. The number of benzene rings is 2. The largest absolute Gasteiger partial charge is 0.454 e. The third kappa shape index (κ3) is 3.00. The van der Waals surface area contributed by atoms with Crippen molar-refractivity contribution in [1.82, 2.24) is 9.78 Å². The molecule has 2 aromatic carbocycles. The Bertz CT molecular complexity index is 1180. The van der Waals surface area contributed by atoms with Gasteiger partial charge in [0.1, 0.15) is 5.82 Å². The van der Waals surface area contributed by atoms with E-state index in [4.69, 9.17) is 9.47 Å². The standard InChI is InChI=1S/C21H19N3O4S/c1-12-4-3-5-17(13(12)2)24-20(15-9-29(26)10-16(15)23-24)22-21(25)14-6-7-18-19(8-14)28-11-27-18/h3-8H,9-11H2,1-2H3,(H,22,25). The summed E-state index contributed by atoms with van der Waals surface area (Å²) in [5, 5.41) is 7.68. The van der Waals surface area contributed by atoms with Crippen LogP contribution in [0.15, 0.2) is 36.4 Å². The van der Waals surface area contributed by atoms with E-state index in [2.05, 4.69) is 10.4 Å². The summed E-state index contributed by atoms with van der Waals surface area (Å²) in [5.74, 6) is 2.25. The van der Waals surface area contributed by atoms with Crippen LogP contribution in [0.1, 0.15) is 32.7 Å². The van der Waals surface area contributed by atoms with Crippen LogP contribution in [0.3, 0.4) is 0 Å². The van der Waals surface area contributed by atoms with Gasteiger partial charge < -0.3 is 14.8 Å². The number of fused-ring (bicyclic) bond motifs is 2. The van der Waals surface area contributed by atoms with Gasteiger partial charge in [0, 0.05) is 21.9 Å². The van der Waals surface area contributed by atoms with Crippen molar-refractivity contribution in [2.24, 2.45) is 0 Å². The number of nitrogens with zero attached hydrogens (tertiary/aromatic N) is 2. The van der Waals surface area contributed by atoms with Gasteiger partial charge in [-0.2, -0.15) is 5.10 Å². The van der Waals surface area contributed by atoms with E-state index in [0.717, 1.165) is 28.1 Å². The summed E-state index contributed by atoms with van der Waals surface area (Å²) < 4.78 is 24.5. The zero-order chi connectivity index (χ0) is 20.1. The number of carbonyl (C=O) groups excluding carboxylic acids is 1. The van der Waals surface area contributed by atoms with Crippen LogP contribution in [-0.4, -0.2) is 26.7 Å². The maximum Gasteiger partial charge on any atom is 0.256 e. The first-order valence-corrected chi connectivity index (χ1v) is 10.7. The Morgan fingerprint density at radius 1 is 1.14 bits per heavy atom. The van der Waals surface area contributed by atoms with Gasteiger partial charge in [0.2, 0.25) is 6.79 Å². The van der Waals surface area contributed by atoms with Crippen LogP contribution in [0.4, 0.5) is 5.82 Å². The third-order valence-electron chi connectivity index (χ3n) is 5.34. The van der Waals surface area contributed by atoms with Crippen molar-refractivity contribution in [3.05, 3.63) is 64.3 Å². The van der Waals surface area contributed by atoms with E-state index in [9.17, 15) is 9.00 Å². The second-order valence-electron chi connectivity index (χ2n) is 7.16. The number of hydrogen-bond acceptors (Lipinski definition) is 5. The second-order valence-corrected chi connectivity index (χ2v) is 8.61. The van der Waals surface area contributed by atoms with E-state index < -0.39 is 10.8 Å². The molecule has 8 heteroatoms.